The lowest BCUT2D eigenvalue weighted by Gasteiger charge is -2.26. The molecule has 0 amide bonds. The lowest BCUT2D eigenvalue weighted by atomic mass is 10.2. The van der Waals surface area contributed by atoms with E-state index in [-0.39, 0.29) is 18.1 Å². The third-order valence-electron chi connectivity index (χ3n) is 1.62. The molecule has 0 radical (unpaired) electrons. The van der Waals surface area contributed by atoms with Crippen molar-refractivity contribution < 1.29 is 14.3 Å². The van der Waals surface area contributed by atoms with Gasteiger partial charge in [0.1, 0.15) is 6.04 Å². The van der Waals surface area contributed by atoms with Crippen molar-refractivity contribution in [1.29, 1.82) is 0 Å². The fourth-order valence-electron chi connectivity index (χ4n) is 1.08. The molecular formula is C7H13NO3. The normalized spacial score (nSPS) is 31.5. The van der Waals surface area contributed by atoms with Crippen LogP contribution in [0.2, 0.25) is 0 Å². The number of morpholine rings is 1. The Kier molecular flexibility index (Phi) is 2.84. The van der Waals surface area contributed by atoms with Crippen molar-refractivity contribution >= 4 is 5.97 Å². The summed E-state index contributed by atoms with van der Waals surface area (Å²) < 4.78 is 9.71. The second kappa shape index (κ2) is 3.69. The van der Waals surface area contributed by atoms with Gasteiger partial charge in [0.2, 0.25) is 0 Å². The summed E-state index contributed by atoms with van der Waals surface area (Å²) in [4.78, 5) is 10.9. The predicted octanol–water partition coefficient (Wildman–Crippen LogP) is -0.464. The molecule has 1 heterocycles. The van der Waals surface area contributed by atoms with Gasteiger partial charge in [0.05, 0.1) is 20.3 Å². The van der Waals surface area contributed by atoms with Crippen LogP contribution in [0.4, 0.5) is 0 Å². The first-order chi connectivity index (χ1) is 5.24. The van der Waals surface area contributed by atoms with Crippen molar-refractivity contribution in [3.05, 3.63) is 0 Å². The molecule has 1 rings (SSSR count). The highest BCUT2D eigenvalue weighted by Crippen LogP contribution is 1.99. The molecule has 0 bridgehead atoms. The average Bonchev–Trinajstić information content (AvgIpc) is 2.03. The van der Waals surface area contributed by atoms with Crippen LogP contribution in [-0.2, 0) is 14.3 Å². The monoisotopic (exact) mass is 159 g/mol. The molecule has 1 fully saturated rings. The van der Waals surface area contributed by atoms with Gasteiger partial charge in [-0.2, -0.15) is 0 Å². The van der Waals surface area contributed by atoms with Crippen LogP contribution in [-0.4, -0.2) is 38.4 Å². The van der Waals surface area contributed by atoms with E-state index in [0.717, 1.165) is 0 Å². The van der Waals surface area contributed by atoms with Gasteiger partial charge in [0.25, 0.3) is 0 Å². The minimum Gasteiger partial charge on any atom is -0.468 e. The molecule has 2 atom stereocenters. The third kappa shape index (κ3) is 2.17. The minimum atomic E-state index is -0.288. The molecule has 0 spiro atoms. The highest BCUT2D eigenvalue weighted by atomic mass is 16.5. The number of hydrogen-bond donors (Lipinski definition) is 1. The molecule has 0 unspecified atom stereocenters. The standard InChI is InChI=1S/C7H13NO3/c1-5-3-11-4-6(8-5)7(9)10-2/h5-6,8H,3-4H2,1-2H3/t5-,6+/m1/s1. The molecule has 1 saturated heterocycles. The number of methoxy groups -OCH3 is 1. The Hall–Kier alpha value is -0.610. The molecule has 64 valence electrons. The molecule has 4 heteroatoms. The third-order valence-corrected chi connectivity index (χ3v) is 1.62. The zero-order valence-electron chi connectivity index (χ0n) is 6.79. The maximum absolute atomic E-state index is 10.9. The molecule has 0 aromatic heterocycles. The van der Waals surface area contributed by atoms with Gasteiger partial charge in [-0.15, -0.1) is 0 Å². The van der Waals surface area contributed by atoms with Gasteiger partial charge in [0.15, 0.2) is 0 Å². The molecule has 1 aliphatic heterocycles. The Morgan fingerprint density at radius 2 is 2.36 bits per heavy atom. The number of nitrogens with one attached hydrogen (secondary N) is 1. The zero-order valence-corrected chi connectivity index (χ0v) is 6.79. The molecule has 11 heavy (non-hydrogen) atoms. The molecule has 0 saturated carbocycles. The number of carbonyl (C=O) groups excluding carboxylic acids is 1. The van der Waals surface area contributed by atoms with Gasteiger partial charge >= 0.3 is 5.97 Å². The Morgan fingerprint density at radius 3 is 2.91 bits per heavy atom. The van der Waals surface area contributed by atoms with Crippen LogP contribution >= 0.6 is 0 Å². The van der Waals surface area contributed by atoms with Crippen molar-refractivity contribution in [2.45, 2.75) is 19.0 Å². The number of rotatable bonds is 1. The summed E-state index contributed by atoms with van der Waals surface area (Å²) in [5.74, 6) is -0.253. The van der Waals surface area contributed by atoms with E-state index < -0.39 is 0 Å². The quantitative estimate of drug-likeness (QED) is 0.526. The van der Waals surface area contributed by atoms with Crippen molar-refractivity contribution in [1.82, 2.24) is 5.32 Å². The Labute approximate surface area is 65.9 Å². The van der Waals surface area contributed by atoms with E-state index in [0.29, 0.717) is 13.2 Å². The van der Waals surface area contributed by atoms with Crippen LogP contribution in [0.25, 0.3) is 0 Å². The first-order valence-corrected chi connectivity index (χ1v) is 3.65. The SMILES string of the molecule is COC(=O)[C@@H]1COC[C@@H](C)N1. The van der Waals surface area contributed by atoms with E-state index in [1.54, 1.807) is 0 Å². The van der Waals surface area contributed by atoms with Crippen LogP contribution in [0, 0.1) is 0 Å². The van der Waals surface area contributed by atoms with Gasteiger partial charge < -0.3 is 9.47 Å². The summed E-state index contributed by atoms with van der Waals surface area (Å²) in [7, 11) is 1.38. The summed E-state index contributed by atoms with van der Waals surface area (Å²) in [5.41, 5.74) is 0. The largest absolute Gasteiger partial charge is 0.468 e. The van der Waals surface area contributed by atoms with Crippen LogP contribution in [0.15, 0.2) is 0 Å². The van der Waals surface area contributed by atoms with Gasteiger partial charge in [-0.05, 0) is 6.92 Å². The predicted molar refractivity (Wildman–Crippen MR) is 39.2 cm³/mol. The average molecular weight is 159 g/mol. The highest BCUT2D eigenvalue weighted by Gasteiger charge is 2.24. The van der Waals surface area contributed by atoms with E-state index in [2.05, 4.69) is 10.1 Å². The summed E-state index contributed by atoms with van der Waals surface area (Å²) >= 11 is 0. The zero-order chi connectivity index (χ0) is 8.27. The van der Waals surface area contributed by atoms with Crippen LogP contribution in [0.1, 0.15) is 6.92 Å². The smallest absolute Gasteiger partial charge is 0.325 e. The fourth-order valence-corrected chi connectivity index (χ4v) is 1.08. The number of hydrogen-bond acceptors (Lipinski definition) is 4. The first kappa shape index (κ1) is 8.49. The van der Waals surface area contributed by atoms with E-state index in [9.17, 15) is 4.79 Å². The molecule has 4 nitrogen and oxygen atoms in total. The maximum atomic E-state index is 10.9. The summed E-state index contributed by atoms with van der Waals surface area (Å²) in [6.07, 6.45) is 0. The lowest BCUT2D eigenvalue weighted by molar-refractivity contribution is -0.146. The second-order valence-electron chi connectivity index (χ2n) is 2.68. The van der Waals surface area contributed by atoms with E-state index in [1.165, 1.54) is 7.11 Å². The highest BCUT2D eigenvalue weighted by molar-refractivity contribution is 5.75. The minimum absolute atomic E-state index is 0.229. The molecule has 0 aromatic carbocycles. The van der Waals surface area contributed by atoms with Crippen molar-refractivity contribution in [3.63, 3.8) is 0 Å². The molecule has 0 aromatic rings. The summed E-state index contributed by atoms with van der Waals surface area (Å²) in [6, 6.07) is -0.0587. The van der Waals surface area contributed by atoms with Crippen molar-refractivity contribution in [3.8, 4) is 0 Å². The summed E-state index contributed by atoms with van der Waals surface area (Å²) in [6.45, 7) is 3.04. The first-order valence-electron chi connectivity index (χ1n) is 3.65. The number of ether oxygens (including phenoxy) is 2. The molecule has 0 aliphatic carbocycles. The fraction of sp³-hybridized carbons (Fsp3) is 0.857. The van der Waals surface area contributed by atoms with Crippen molar-refractivity contribution in [2.75, 3.05) is 20.3 Å². The van der Waals surface area contributed by atoms with Crippen LogP contribution in [0.5, 0.6) is 0 Å². The summed E-state index contributed by atoms with van der Waals surface area (Å²) in [5, 5.41) is 3.07. The number of carbonyl (C=O) groups is 1. The van der Waals surface area contributed by atoms with Gasteiger partial charge in [-0.25, -0.2) is 0 Å². The molecular weight excluding hydrogens is 146 g/mol. The number of esters is 1. The van der Waals surface area contributed by atoms with E-state index in [1.807, 2.05) is 6.92 Å². The lowest BCUT2D eigenvalue weighted by Crippen LogP contribution is -2.51. The van der Waals surface area contributed by atoms with Gasteiger partial charge in [0, 0.05) is 6.04 Å². The Bertz CT molecular complexity index is 149. The van der Waals surface area contributed by atoms with E-state index in [4.69, 9.17) is 4.74 Å². The van der Waals surface area contributed by atoms with Gasteiger partial charge in [-0.3, -0.25) is 10.1 Å². The topological polar surface area (TPSA) is 47.6 Å². The Morgan fingerprint density at radius 1 is 1.64 bits per heavy atom. The molecule has 1 N–H and O–H groups in total. The maximum Gasteiger partial charge on any atom is 0.325 e. The molecule has 1 aliphatic rings. The van der Waals surface area contributed by atoms with E-state index >= 15 is 0 Å². The second-order valence-corrected chi connectivity index (χ2v) is 2.68. The van der Waals surface area contributed by atoms with Crippen LogP contribution in [0.3, 0.4) is 0 Å². The van der Waals surface area contributed by atoms with Crippen LogP contribution < -0.4 is 5.32 Å². The van der Waals surface area contributed by atoms with Crippen molar-refractivity contribution in [2.24, 2.45) is 0 Å². The Balaban J connectivity index is 2.39. The van der Waals surface area contributed by atoms with Gasteiger partial charge in [-0.1, -0.05) is 0 Å².